The fourth-order valence-corrected chi connectivity index (χ4v) is 1.89. The smallest absolute Gasteiger partial charge is 0.331 e. The fourth-order valence-electron chi connectivity index (χ4n) is 1.89. The van der Waals surface area contributed by atoms with Crippen LogP contribution in [0.3, 0.4) is 0 Å². The second kappa shape index (κ2) is 9.12. The zero-order valence-corrected chi connectivity index (χ0v) is 13.9. The minimum atomic E-state index is -1.11. The summed E-state index contributed by atoms with van der Waals surface area (Å²) in [6.45, 7) is 1.37. The molecule has 0 aliphatic rings. The van der Waals surface area contributed by atoms with E-state index in [1.54, 1.807) is 30.3 Å². The van der Waals surface area contributed by atoms with Crippen molar-refractivity contribution in [3.8, 4) is 0 Å². The normalized spacial score (nSPS) is 11.6. The van der Waals surface area contributed by atoms with Crippen LogP contribution in [0.15, 0.2) is 60.7 Å². The van der Waals surface area contributed by atoms with E-state index in [-0.39, 0.29) is 5.82 Å². The maximum absolute atomic E-state index is 12.8. The molecule has 2 amide bonds. The third-order valence-corrected chi connectivity index (χ3v) is 3.28. The van der Waals surface area contributed by atoms with E-state index in [1.165, 1.54) is 37.3 Å². The summed E-state index contributed by atoms with van der Waals surface area (Å²) in [6, 6.07) is 13.8. The Morgan fingerprint density at radius 1 is 1.00 bits per heavy atom. The molecule has 0 aromatic heterocycles. The van der Waals surface area contributed by atoms with Gasteiger partial charge < -0.3 is 4.74 Å². The highest BCUT2D eigenvalue weighted by atomic mass is 19.1. The van der Waals surface area contributed by atoms with Crippen molar-refractivity contribution in [1.82, 2.24) is 10.9 Å². The standard InChI is InChI=1S/C19H17FN2O4/c1-13(18(24)21-22-19(25)15-5-3-2-4-6-15)26-17(23)12-9-14-7-10-16(20)11-8-14/h2-13H,1H3,(H,21,24)(H,22,25)/b12-9+/t13-/m0/s1. The van der Waals surface area contributed by atoms with E-state index < -0.39 is 23.9 Å². The quantitative estimate of drug-likeness (QED) is 0.489. The third-order valence-electron chi connectivity index (χ3n) is 3.28. The van der Waals surface area contributed by atoms with Gasteiger partial charge in [0, 0.05) is 11.6 Å². The molecule has 26 heavy (non-hydrogen) atoms. The van der Waals surface area contributed by atoms with Crippen LogP contribution in [-0.4, -0.2) is 23.9 Å². The summed E-state index contributed by atoms with van der Waals surface area (Å²) in [4.78, 5) is 35.4. The van der Waals surface area contributed by atoms with Crippen LogP contribution in [0.1, 0.15) is 22.8 Å². The molecule has 0 aliphatic heterocycles. The van der Waals surface area contributed by atoms with E-state index in [2.05, 4.69) is 10.9 Å². The van der Waals surface area contributed by atoms with Crippen LogP contribution in [0.25, 0.3) is 6.08 Å². The van der Waals surface area contributed by atoms with E-state index in [0.29, 0.717) is 11.1 Å². The molecule has 0 saturated heterocycles. The van der Waals surface area contributed by atoms with Crippen LogP contribution in [0, 0.1) is 5.82 Å². The van der Waals surface area contributed by atoms with Gasteiger partial charge in [0.15, 0.2) is 6.10 Å². The second-order valence-corrected chi connectivity index (χ2v) is 5.27. The zero-order chi connectivity index (χ0) is 18.9. The Morgan fingerprint density at radius 3 is 2.31 bits per heavy atom. The van der Waals surface area contributed by atoms with E-state index in [9.17, 15) is 18.8 Å². The average Bonchev–Trinajstić information content (AvgIpc) is 2.66. The van der Waals surface area contributed by atoms with Crippen LogP contribution in [-0.2, 0) is 14.3 Å². The number of hydrogen-bond donors (Lipinski definition) is 2. The van der Waals surface area contributed by atoms with Crippen LogP contribution >= 0.6 is 0 Å². The number of halogens is 1. The molecule has 2 rings (SSSR count). The van der Waals surface area contributed by atoms with Crippen molar-refractivity contribution >= 4 is 23.9 Å². The van der Waals surface area contributed by atoms with E-state index in [4.69, 9.17) is 4.74 Å². The Kier molecular flexibility index (Phi) is 6.61. The van der Waals surface area contributed by atoms with E-state index >= 15 is 0 Å². The summed E-state index contributed by atoms with van der Waals surface area (Å²) in [6.07, 6.45) is 1.44. The topological polar surface area (TPSA) is 84.5 Å². The van der Waals surface area contributed by atoms with Gasteiger partial charge in [0.1, 0.15) is 5.82 Å². The largest absolute Gasteiger partial charge is 0.449 e. The van der Waals surface area contributed by atoms with Gasteiger partial charge in [0.2, 0.25) is 0 Å². The van der Waals surface area contributed by atoms with Crippen molar-refractivity contribution in [3.63, 3.8) is 0 Å². The number of hydrazine groups is 1. The lowest BCUT2D eigenvalue weighted by molar-refractivity contribution is -0.150. The summed E-state index contributed by atoms with van der Waals surface area (Å²) in [5.74, 6) is -2.30. The number of amides is 2. The first kappa shape index (κ1) is 18.9. The van der Waals surface area contributed by atoms with Gasteiger partial charge in [0.05, 0.1) is 0 Å². The van der Waals surface area contributed by atoms with Gasteiger partial charge in [-0.2, -0.15) is 0 Å². The summed E-state index contributed by atoms with van der Waals surface area (Å²) < 4.78 is 17.7. The maximum atomic E-state index is 12.8. The van der Waals surface area contributed by atoms with Crippen LogP contribution < -0.4 is 10.9 Å². The van der Waals surface area contributed by atoms with Crippen molar-refractivity contribution in [3.05, 3.63) is 77.6 Å². The summed E-state index contributed by atoms with van der Waals surface area (Å²) in [5, 5.41) is 0. The lowest BCUT2D eigenvalue weighted by Gasteiger charge is -2.13. The Labute approximate surface area is 149 Å². The molecule has 2 aromatic rings. The van der Waals surface area contributed by atoms with Crippen LogP contribution in [0.2, 0.25) is 0 Å². The van der Waals surface area contributed by atoms with Gasteiger partial charge >= 0.3 is 5.97 Å². The van der Waals surface area contributed by atoms with Gasteiger partial charge in [-0.3, -0.25) is 20.4 Å². The molecule has 134 valence electrons. The van der Waals surface area contributed by atoms with Crippen molar-refractivity contribution in [1.29, 1.82) is 0 Å². The molecule has 0 radical (unpaired) electrons. The number of carbonyl (C=O) groups excluding carboxylic acids is 3. The molecule has 0 saturated carbocycles. The number of nitrogens with one attached hydrogen (secondary N) is 2. The summed E-state index contributed by atoms with van der Waals surface area (Å²) in [7, 11) is 0. The van der Waals surface area contributed by atoms with Crippen LogP contribution in [0.4, 0.5) is 4.39 Å². The lowest BCUT2D eigenvalue weighted by Crippen LogP contribution is -2.46. The van der Waals surface area contributed by atoms with Gasteiger partial charge in [-0.1, -0.05) is 30.3 Å². The molecular weight excluding hydrogens is 339 g/mol. The highest BCUT2D eigenvalue weighted by Crippen LogP contribution is 2.05. The molecule has 6 nitrogen and oxygen atoms in total. The van der Waals surface area contributed by atoms with Crippen molar-refractivity contribution in [2.45, 2.75) is 13.0 Å². The van der Waals surface area contributed by atoms with E-state index in [0.717, 1.165) is 6.08 Å². The molecule has 7 heteroatoms. The number of rotatable bonds is 5. The lowest BCUT2D eigenvalue weighted by atomic mass is 10.2. The van der Waals surface area contributed by atoms with E-state index in [1.807, 2.05) is 0 Å². The van der Waals surface area contributed by atoms with Gasteiger partial charge in [-0.15, -0.1) is 0 Å². The Hall–Kier alpha value is -3.48. The zero-order valence-electron chi connectivity index (χ0n) is 13.9. The minimum Gasteiger partial charge on any atom is -0.449 e. The van der Waals surface area contributed by atoms with Gasteiger partial charge in [0.25, 0.3) is 11.8 Å². The van der Waals surface area contributed by atoms with Crippen molar-refractivity contribution in [2.75, 3.05) is 0 Å². The number of benzene rings is 2. The van der Waals surface area contributed by atoms with Crippen LogP contribution in [0.5, 0.6) is 0 Å². The molecule has 0 spiro atoms. The first-order chi connectivity index (χ1) is 12.5. The van der Waals surface area contributed by atoms with Crippen molar-refractivity contribution < 1.29 is 23.5 Å². The Balaban J connectivity index is 1.79. The predicted molar refractivity (Wildman–Crippen MR) is 93.0 cm³/mol. The monoisotopic (exact) mass is 356 g/mol. The third kappa shape index (κ3) is 5.86. The van der Waals surface area contributed by atoms with Crippen molar-refractivity contribution in [2.24, 2.45) is 0 Å². The average molecular weight is 356 g/mol. The molecular formula is C19H17FN2O4. The highest BCUT2D eigenvalue weighted by Gasteiger charge is 2.17. The first-order valence-corrected chi connectivity index (χ1v) is 7.75. The molecule has 2 N–H and O–H groups in total. The minimum absolute atomic E-state index is 0.375. The van der Waals surface area contributed by atoms with Gasteiger partial charge in [-0.25, -0.2) is 9.18 Å². The first-order valence-electron chi connectivity index (χ1n) is 7.75. The Bertz CT molecular complexity index is 804. The number of esters is 1. The Morgan fingerprint density at radius 2 is 1.65 bits per heavy atom. The molecule has 1 atom stereocenters. The highest BCUT2D eigenvalue weighted by molar-refractivity contribution is 5.96. The molecule has 0 aliphatic carbocycles. The molecule has 0 bridgehead atoms. The number of ether oxygens (including phenoxy) is 1. The predicted octanol–water partition coefficient (Wildman–Crippen LogP) is 2.23. The maximum Gasteiger partial charge on any atom is 0.331 e. The number of carbonyl (C=O) groups is 3. The second-order valence-electron chi connectivity index (χ2n) is 5.27. The summed E-state index contributed by atoms with van der Waals surface area (Å²) >= 11 is 0. The molecule has 0 fully saturated rings. The SMILES string of the molecule is C[C@H](OC(=O)/C=C/c1ccc(F)cc1)C(=O)NNC(=O)c1ccccc1. The van der Waals surface area contributed by atoms with Gasteiger partial charge in [-0.05, 0) is 42.8 Å². The molecule has 2 aromatic carbocycles. The summed E-state index contributed by atoms with van der Waals surface area (Å²) in [5.41, 5.74) is 5.40. The fraction of sp³-hybridized carbons (Fsp3) is 0.105. The molecule has 0 unspecified atom stereocenters. The number of hydrogen-bond acceptors (Lipinski definition) is 4. The molecule has 0 heterocycles.